The summed E-state index contributed by atoms with van der Waals surface area (Å²) >= 11 is 0. The third kappa shape index (κ3) is 4.13. The molecule has 4 heteroatoms. The SMILES string of the molecule is COc1ccc(CCC2CCN(C(=O)c3cccnc3)CC2)cc1. The summed E-state index contributed by atoms with van der Waals surface area (Å²) in [7, 11) is 1.69. The minimum absolute atomic E-state index is 0.108. The van der Waals surface area contributed by atoms with Gasteiger partial charge in [0.2, 0.25) is 0 Å². The summed E-state index contributed by atoms with van der Waals surface area (Å²) in [5.41, 5.74) is 2.04. The van der Waals surface area contributed by atoms with Crippen LogP contribution in [0.15, 0.2) is 48.8 Å². The molecular weight excluding hydrogens is 300 g/mol. The molecule has 0 radical (unpaired) electrons. The molecule has 0 aliphatic carbocycles. The minimum atomic E-state index is 0.108. The van der Waals surface area contributed by atoms with E-state index in [9.17, 15) is 4.79 Å². The number of piperidine rings is 1. The van der Waals surface area contributed by atoms with E-state index in [0.29, 0.717) is 11.5 Å². The Kier molecular flexibility index (Phi) is 5.47. The normalized spacial score (nSPS) is 15.3. The lowest BCUT2D eigenvalue weighted by molar-refractivity contribution is 0.0686. The highest BCUT2D eigenvalue weighted by molar-refractivity contribution is 5.93. The van der Waals surface area contributed by atoms with Gasteiger partial charge >= 0.3 is 0 Å². The second-order valence-corrected chi connectivity index (χ2v) is 6.36. The summed E-state index contributed by atoms with van der Waals surface area (Å²) < 4.78 is 5.19. The van der Waals surface area contributed by atoms with E-state index < -0.39 is 0 Å². The zero-order chi connectivity index (χ0) is 16.8. The third-order valence-electron chi connectivity index (χ3n) is 4.81. The fraction of sp³-hybridized carbons (Fsp3) is 0.400. The number of methoxy groups -OCH3 is 1. The van der Waals surface area contributed by atoms with Crippen molar-refractivity contribution >= 4 is 5.91 Å². The number of hydrogen-bond donors (Lipinski definition) is 0. The van der Waals surface area contributed by atoms with Gasteiger partial charge in [-0.1, -0.05) is 12.1 Å². The van der Waals surface area contributed by atoms with Gasteiger partial charge in [0.05, 0.1) is 12.7 Å². The molecule has 2 aromatic rings. The summed E-state index contributed by atoms with van der Waals surface area (Å²) in [6, 6.07) is 12.0. The number of amides is 1. The molecule has 3 rings (SSSR count). The van der Waals surface area contributed by atoms with Crippen molar-refractivity contribution in [1.29, 1.82) is 0 Å². The summed E-state index contributed by atoms with van der Waals surface area (Å²) in [4.78, 5) is 18.4. The highest BCUT2D eigenvalue weighted by Crippen LogP contribution is 2.24. The van der Waals surface area contributed by atoms with Gasteiger partial charge in [0.15, 0.2) is 0 Å². The maximum absolute atomic E-state index is 12.4. The largest absolute Gasteiger partial charge is 0.497 e. The number of aromatic nitrogens is 1. The number of nitrogens with zero attached hydrogens (tertiary/aromatic N) is 2. The van der Waals surface area contributed by atoms with E-state index in [1.54, 1.807) is 19.5 Å². The number of likely N-dealkylation sites (tertiary alicyclic amines) is 1. The number of hydrogen-bond acceptors (Lipinski definition) is 3. The Morgan fingerprint density at radius 3 is 2.58 bits per heavy atom. The van der Waals surface area contributed by atoms with Gasteiger partial charge < -0.3 is 9.64 Å². The van der Waals surface area contributed by atoms with Gasteiger partial charge in [-0.15, -0.1) is 0 Å². The van der Waals surface area contributed by atoms with E-state index in [2.05, 4.69) is 17.1 Å². The van der Waals surface area contributed by atoms with Crippen LogP contribution >= 0.6 is 0 Å². The molecular formula is C20H24N2O2. The molecule has 0 atom stereocenters. The summed E-state index contributed by atoms with van der Waals surface area (Å²) in [5.74, 6) is 1.71. The lowest BCUT2D eigenvalue weighted by atomic mass is 9.90. The Bertz CT molecular complexity index is 647. The van der Waals surface area contributed by atoms with Gasteiger partial charge in [-0.2, -0.15) is 0 Å². The first-order chi connectivity index (χ1) is 11.8. The molecule has 2 heterocycles. The quantitative estimate of drug-likeness (QED) is 0.844. The Morgan fingerprint density at radius 2 is 1.96 bits per heavy atom. The number of carbonyl (C=O) groups is 1. The molecule has 24 heavy (non-hydrogen) atoms. The average Bonchev–Trinajstić information content (AvgIpc) is 2.67. The van der Waals surface area contributed by atoms with Crippen LogP contribution in [-0.4, -0.2) is 36.0 Å². The maximum atomic E-state index is 12.4. The molecule has 1 saturated heterocycles. The molecule has 0 bridgehead atoms. The monoisotopic (exact) mass is 324 g/mol. The lowest BCUT2D eigenvalue weighted by Crippen LogP contribution is -2.38. The first kappa shape index (κ1) is 16.5. The van der Waals surface area contributed by atoms with Crippen LogP contribution in [-0.2, 0) is 6.42 Å². The number of rotatable bonds is 5. The number of benzene rings is 1. The highest BCUT2D eigenvalue weighted by Gasteiger charge is 2.23. The Labute approximate surface area is 143 Å². The van der Waals surface area contributed by atoms with E-state index >= 15 is 0 Å². The molecule has 1 fully saturated rings. The smallest absolute Gasteiger partial charge is 0.255 e. The molecule has 4 nitrogen and oxygen atoms in total. The number of aryl methyl sites for hydroxylation is 1. The molecule has 0 N–H and O–H groups in total. The van der Waals surface area contributed by atoms with Crippen LogP contribution in [0.25, 0.3) is 0 Å². The summed E-state index contributed by atoms with van der Waals surface area (Å²) in [6.07, 6.45) is 7.79. The van der Waals surface area contributed by atoms with E-state index in [1.165, 1.54) is 12.0 Å². The number of carbonyl (C=O) groups excluding carboxylic acids is 1. The van der Waals surface area contributed by atoms with Crippen LogP contribution in [0, 0.1) is 5.92 Å². The molecule has 1 amide bonds. The number of ether oxygens (including phenoxy) is 1. The van der Waals surface area contributed by atoms with Crippen molar-refractivity contribution < 1.29 is 9.53 Å². The first-order valence-electron chi connectivity index (χ1n) is 8.58. The topological polar surface area (TPSA) is 42.4 Å². The standard InChI is InChI=1S/C20H24N2O2/c1-24-19-8-6-16(7-9-19)4-5-17-10-13-22(14-11-17)20(23)18-3-2-12-21-15-18/h2-3,6-9,12,15,17H,4-5,10-11,13-14H2,1H3. The van der Waals surface area contributed by atoms with Crippen molar-refractivity contribution in [3.63, 3.8) is 0 Å². The zero-order valence-electron chi connectivity index (χ0n) is 14.1. The molecule has 1 aliphatic heterocycles. The molecule has 1 aliphatic rings. The van der Waals surface area contributed by atoms with Crippen LogP contribution < -0.4 is 4.74 Å². The minimum Gasteiger partial charge on any atom is -0.497 e. The third-order valence-corrected chi connectivity index (χ3v) is 4.81. The molecule has 0 unspecified atom stereocenters. The fourth-order valence-electron chi connectivity index (χ4n) is 3.26. The Hall–Kier alpha value is -2.36. The van der Waals surface area contributed by atoms with Gasteiger partial charge in [-0.3, -0.25) is 9.78 Å². The van der Waals surface area contributed by atoms with E-state index in [-0.39, 0.29) is 5.91 Å². The zero-order valence-corrected chi connectivity index (χ0v) is 14.1. The van der Waals surface area contributed by atoms with Crippen LogP contribution in [0.4, 0.5) is 0 Å². The summed E-state index contributed by atoms with van der Waals surface area (Å²) in [6.45, 7) is 1.70. The van der Waals surface area contributed by atoms with Gasteiger partial charge in [0.1, 0.15) is 5.75 Å². The predicted molar refractivity (Wildman–Crippen MR) is 94.2 cm³/mol. The second-order valence-electron chi connectivity index (χ2n) is 6.36. The van der Waals surface area contributed by atoms with Crippen LogP contribution in [0.2, 0.25) is 0 Å². The molecule has 0 spiro atoms. The highest BCUT2D eigenvalue weighted by atomic mass is 16.5. The van der Waals surface area contributed by atoms with E-state index in [0.717, 1.165) is 38.1 Å². The predicted octanol–water partition coefficient (Wildman–Crippen LogP) is 3.58. The second kappa shape index (κ2) is 7.95. The average molecular weight is 324 g/mol. The Balaban J connectivity index is 1.45. The molecule has 0 saturated carbocycles. The van der Waals surface area contributed by atoms with Crippen LogP contribution in [0.5, 0.6) is 5.75 Å². The maximum Gasteiger partial charge on any atom is 0.255 e. The van der Waals surface area contributed by atoms with Crippen molar-refractivity contribution in [1.82, 2.24) is 9.88 Å². The number of pyridine rings is 1. The molecule has 1 aromatic heterocycles. The molecule has 1 aromatic carbocycles. The van der Waals surface area contributed by atoms with Crippen molar-refractivity contribution in [2.75, 3.05) is 20.2 Å². The van der Waals surface area contributed by atoms with Crippen LogP contribution in [0.3, 0.4) is 0 Å². The van der Waals surface area contributed by atoms with Crippen molar-refractivity contribution in [3.8, 4) is 5.75 Å². The van der Waals surface area contributed by atoms with Gasteiger partial charge in [-0.05, 0) is 61.4 Å². The van der Waals surface area contributed by atoms with Crippen molar-refractivity contribution in [2.45, 2.75) is 25.7 Å². The molecule has 126 valence electrons. The van der Waals surface area contributed by atoms with Crippen molar-refractivity contribution in [3.05, 3.63) is 59.9 Å². The van der Waals surface area contributed by atoms with E-state index in [1.807, 2.05) is 29.2 Å². The van der Waals surface area contributed by atoms with Crippen molar-refractivity contribution in [2.24, 2.45) is 5.92 Å². The fourth-order valence-corrected chi connectivity index (χ4v) is 3.26. The van der Waals surface area contributed by atoms with Gasteiger partial charge in [0, 0.05) is 25.5 Å². The lowest BCUT2D eigenvalue weighted by Gasteiger charge is -2.32. The van der Waals surface area contributed by atoms with Gasteiger partial charge in [-0.25, -0.2) is 0 Å². The van der Waals surface area contributed by atoms with Gasteiger partial charge in [0.25, 0.3) is 5.91 Å². The van der Waals surface area contributed by atoms with E-state index in [4.69, 9.17) is 4.74 Å². The Morgan fingerprint density at radius 1 is 1.21 bits per heavy atom. The summed E-state index contributed by atoms with van der Waals surface area (Å²) in [5, 5.41) is 0. The first-order valence-corrected chi connectivity index (χ1v) is 8.58. The van der Waals surface area contributed by atoms with Crippen LogP contribution in [0.1, 0.15) is 35.2 Å².